The van der Waals surface area contributed by atoms with Gasteiger partial charge in [0.25, 0.3) is 0 Å². The maximum atomic E-state index is 13.2. The second-order valence-corrected chi connectivity index (χ2v) is 4.68. The molecule has 2 aromatic heterocycles. The highest BCUT2D eigenvalue weighted by Crippen LogP contribution is 2.18. The molecule has 3 rings (SSSR count). The number of fused-ring (bicyclic) bond motifs is 1. The molecule has 0 N–H and O–H groups in total. The van der Waals surface area contributed by atoms with Gasteiger partial charge in [0.15, 0.2) is 5.82 Å². The molecule has 0 saturated carbocycles. The molecule has 0 unspecified atom stereocenters. The molecule has 0 aliphatic heterocycles. The van der Waals surface area contributed by atoms with Crippen LogP contribution in [-0.2, 0) is 6.54 Å². The van der Waals surface area contributed by atoms with Crippen LogP contribution in [0.5, 0.6) is 0 Å². The van der Waals surface area contributed by atoms with Crippen molar-refractivity contribution >= 4 is 11.5 Å². The molecule has 3 aromatic rings. The first-order valence-electron chi connectivity index (χ1n) is 6.27. The lowest BCUT2D eigenvalue weighted by molar-refractivity contribution is 0.625. The van der Waals surface area contributed by atoms with Crippen LogP contribution in [0.25, 0.3) is 5.65 Å². The van der Waals surface area contributed by atoms with Crippen LogP contribution < -0.4 is 4.90 Å². The summed E-state index contributed by atoms with van der Waals surface area (Å²) in [7, 11) is 1.90. The first kappa shape index (κ1) is 12.5. The maximum absolute atomic E-state index is 13.2. The largest absolute Gasteiger partial charge is 0.352 e. The second-order valence-electron chi connectivity index (χ2n) is 4.68. The Bertz CT molecular complexity index is 752. The summed E-state index contributed by atoms with van der Waals surface area (Å²) in [6.07, 6.45) is 3.53. The number of hydrogen-bond donors (Lipinski definition) is 0. The third-order valence-electron chi connectivity index (χ3n) is 3.15. The van der Waals surface area contributed by atoms with Gasteiger partial charge in [-0.25, -0.2) is 9.37 Å². The standard InChI is InChI=1S/C14H14FN5/c1-10-17-18-14-13(16-6-7-20(10)14)19(2)9-11-4-3-5-12(15)8-11/h3-8H,9H2,1-2H3. The van der Waals surface area contributed by atoms with E-state index in [-0.39, 0.29) is 5.82 Å². The minimum absolute atomic E-state index is 0.236. The topological polar surface area (TPSA) is 46.3 Å². The van der Waals surface area contributed by atoms with Crippen LogP contribution in [0.2, 0.25) is 0 Å². The van der Waals surface area contributed by atoms with Gasteiger partial charge >= 0.3 is 0 Å². The Balaban J connectivity index is 1.94. The third-order valence-corrected chi connectivity index (χ3v) is 3.15. The van der Waals surface area contributed by atoms with Gasteiger partial charge in [0, 0.05) is 26.0 Å². The average molecular weight is 271 g/mol. The molecule has 0 aliphatic carbocycles. The zero-order chi connectivity index (χ0) is 14.1. The van der Waals surface area contributed by atoms with Crippen LogP contribution in [0.15, 0.2) is 36.7 Å². The molecule has 0 aliphatic rings. The number of halogens is 1. The number of hydrogen-bond acceptors (Lipinski definition) is 4. The molecule has 2 heterocycles. The Labute approximate surface area is 115 Å². The van der Waals surface area contributed by atoms with Crippen LogP contribution in [0.4, 0.5) is 10.2 Å². The summed E-state index contributed by atoms with van der Waals surface area (Å²) in [5, 5.41) is 8.18. The highest BCUT2D eigenvalue weighted by Gasteiger charge is 2.12. The van der Waals surface area contributed by atoms with Gasteiger partial charge in [-0.3, -0.25) is 4.40 Å². The van der Waals surface area contributed by atoms with Crippen molar-refractivity contribution in [2.75, 3.05) is 11.9 Å². The van der Waals surface area contributed by atoms with E-state index in [1.165, 1.54) is 12.1 Å². The van der Waals surface area contributed by atoms with Gasteiger partial charge in [-0.2, -0.15) is 0 Å². The van der Waals surface area contributed by atoms with Crippen molar-refractivity contribution < 1.29 is 4.39 Å². The average Bonchev–Trinajstić information content (AvgIpc) is 2.81. The molecule has 102 valence electrons. The minimum atomic E-state index is -0.236. The number of aromatic nitrogens is 4. The second kappa shape index (κ2) is 4.88. The molecule has 0 saturated heterocycles. The van der Waals surface area contributed by atoms with Crippen LogP contribution in [0.3, 0.4) is 0 Å². The zero-order valence-electron chi connectivity index (χ0n) is 11.3. The van der Waals surface area contributed by atoms with Crippen LogP contribution in [-0.4, -0.2) is 26.6 Å². The van der Waals surface area contributed by atoms with E-state index < -0.39 is 0 Å². The van der Waals surface area contributed by atoms with E-state index in [1.54, 1.807) is 12.3 Å². The predicted octanol–water partition coefficient (Wildman–Crippen LogP) is 2.21. The van der Waals surface area contributed by atoms with Gasteiger partial charge in [-0.15, -0.1) is 10.2 Å². The molecule has 20 heavy (non-hydrogen) atoms. The molecule has 0 bridgehead atoms. The number of aryl methyl sites for hydroxylation is 1. The Morgan fingerprint density at radius 2 is 2.15 bits per heavy atom. The molecule has 1 aromatic carbocycles. The fourth-order valence-electron chi connectivity index (χ4n) is 2.18. The number of benzene rings is 1. The third kappa shape index (κ3) is 2.20. The molecule has 6 heteroatoms. The minimum Gasteiger partial charge on any atom is -0.352 e. The van der Waals surface area contributed by atoms with E-state index in [0.717, 1.165) is 17.2 Å². The van der Waals surface area contributed by atoms with E-state index in [2.05, 4.69) is 15.2 Å². The molecule has 0 atom stereocenters. The fourth-order valence-corrected chi connectivity index (χ4v) is 2.18. The van der Waals surface area contributed by atoms with E-state index in [0.29, 0.717) is 12.2 Å². The first-order valence-corrected chi connectivity index (χ1v) is 6.27. The fraction of sp³-hybridized carbons (Fsp3) is 0.214. The SMILES string of the molecule is Cc1nnc2c(N(C)Cc3cccc(F)c3)nccn12. The van der Waals surface area contributed by atoms with Crippen molar-refractivity contribution in [2.24, 2.45) is 0 Å². The molecule has 5 nitrogen and oxygen atoms in total. The molecule has 0 fully saturated rings. The van der Waals surface area contributed by atoms with Crippen LogP contribution in [0.1, 0.15) is 11.4 Å². The highest BCUT2D eigenvalue weighted by atomic mass is 19.1. The van der Waals surface area contributed by atoms with E-state index in [4.69, 9.17) is 0 Å². The summed E-state index contributed by atoms with van der Waals surface area (Å²) in [5.41, 5.74) is 1.58. The van der Waals surface area contributed by atoms with Gasteiger partial charge < -0.3 is 4.90 Å². The summed E-state index contributed by atoms with van der Waals surface area (Å²) in [6, 6.07) is 6.54. The molecule has 0 amide bonds. The summed E-state index contributed by atoms with van der Waals surface area (Å²) in [4.78, 5) is 6.28. The van der Waals surface area contributed by atoms with Crippen molar-refractivity contribution in [3.63, 3.8) is 0 Å². The summed E-state index contributed by atoms with van der Waals surface area (Å²) in [5.74, 6) is 1.29. The molecular formula is C14H14FN5. The van der Waals surface area contributed by atoms with Gasteiger partial charge in [0.2, 0.25) is 5.65 Å². The van der Waals surface area contributed by atoms with Crippen molar-refractivity contribution in [3.8, 4) is 0 Å². The van der Waals surface area contributed by atoms with Crippen molar-refractivity contribution in [1.29, 1.82) is 0 Å². The Morgan fingerprint density at radius 1 is 1.30 bits per heavy atom. The van der Waals surface area contributed by atoms with Gasteiger partial charge in [-0.1, -0.05) is 12.1 Å². The molecule has 0 spiro atoms. The normalized spacial score (nSPS) is 10.9. The smallest absolute Gasteiger partial charge is 0.203 e. The Morgan fingerprint density at radius 3 is 2.95 bits per heavy atom. The van der Waals surface area contributed by atoms with Gasteiger partial charge in [-0.05, 0) is 24.6 Å². The van der Waals surface area contributed by atoms with E-state index in [9.17, 15) is 4.39 Å². The van der Waals surface area contributed by atoms with E-state index in [1.807, 2.05) is 35.5 Å². The summed E-state index contributed by atoms with van der Waals surface area (Å²) >= 11 is 0. The zero-order valence-corrected chi connectivity index (χ0v) is 11.3. The van der Waals surface area contributed by atoms with Gasteiger partial charge in [0.05, 0.1) is 0 Å². The monoisotopic (exact) mass is 271 g/mol. The highest BCUT2D eigenvalue weighted by molar-refractivity contribution is 5.63. The predicted molar refractivity (Wildman–Crippen MR) is 74.0 cm³/mol. The van der Waals surface area contributed by atoms with Crippen LogP contribution in [0, 0.1) is 12.7 Å². The Hall–Kier alpha value is -2.50. The van der Waals surface area contributed by atoms with Crippen LogP contribution >= 0.6 is 0 Å². The van der Waals surface area contributed by atoms with E-state index >= 15 is 0 Å². The first-order chi connectivity index (χ1) is 9.65. The lowest BCUT2D eigenvalue weighted by atomic mass is 10.2. The Kier molecular flexibility index (Phi) is 3.06. The van der Waals surface area contributed by atoms with Crippen molar-refractivity contribution in [1.82, 2.24) is 19.6 Å². The number of nitrogens with zero attached hydrogens (tertiary/aromatic N) is 5. The summed E-state index contributed by atoms with van der Waals surface area (Å²) in [6.45, 7) is 2.44. The lowest BCUT2D eigenvalue weighted by Gasteiger charge is -2.18. The number of anilines is 1. The molecular weight excluding hydrogens is 257 g/mol. The molecule has 0 radical (unpaired) electrons. The maximum Gasteiger partial charge on any atom is 0.203 e. The quantitative estimate of drug-likeness (QED) is 0.732. The van der Waals surface area contributed by atoms with Gasteiger partial charge in [0.1, 0.15) is 11.6 Å². The summed E-state index contributed by atoms with van der Waals surface area (Å²) < 4.78 is 15.1. The lowest BCUT2D eigenvalue weighted by Crippen LogP contribution is -2.18. The van der Waals surface area contributed by atoms with Crippen molar-refractivity contribution in [2.45, 2.75) is 13.5 Å². The van der Waals surface area contributed by atoms with Crippen molar-refractivity contribution in [3.05, 3.63) is 53.9 Å². The number of rotatable bonds is 3.